The zero-order valence-electron chi connectivity index (χ0n) is 16.4. The smallest absolute Gasteiger partial charge is 0.338 e. The lowest BCUT2D eigenvalue weighted by Crippen LogP contribution is -2.25. The number of hydrogen-bond acceptors (Lipinski definition) is 5. The van der Waals surface area contributed by atoms with Crippen molar-refractivity contribution in [3.63, 3.8) is 0 Å². The summed E-state index contributed by atoms with van der Waals surface area (Å²) in [7, 11) is 1.70. The van der Waals surface area contributed by atoms with Crippen molar-refractivity contribution in [2.24, 2.45) is 12.8 Å². The van der Waals surface area contributed by atoms with Gasteiger partial charge in [0.25, 0.3) is 11.5 Å². The van der Waals surface area contributed by atoms with Gasteiger partial charge in [-0.25, -0.2) is 9.48 Å². The van der Waals surface area contributed by atoms with E-state index in [9.17, 15) is 19.2 Å². The van der Waals surface area contributed by atoms with E-state index in [1.54, 1.807) is 42.9 Å². The van der Waals surface area contributed by atoms with Crippen molar-refractivity contribution >= 4 is 23.5 Å². The Morgan fingerprint density at radius 2 is 1.60 bits per heavy atom. The van der Waals surface area contributed by atoms with Gasteiger partial charge in [-0.2, -0.15) is 0 Å². The van der Waals surface area contributed by atoms with E-state index < -0.39 is 29.9 Å². The van der Waals surface area contributed by atoms with Crippen molar-refractivity contribution in [1.29, 1.82) is 0 Å². The van der Waals surface area contributed by atoms with E-state index in [0.717, 1.165) is 0 Å². The Bertz CT molecular complexity index is 1160. The molecule has 9 nitrogen and oxygen atoms in total. The number of hydrogen-bond donors (Lipinski definition) is 2. The second-order valence-corrected chi connectivity index (χ2v) is 6.50. The summed E-state index contributed by atoms with van der Waals surface area (Å²) in [5, 5.41) is 2.51. The Morgan fingerprint density at radius 3 is 2.20 bits per heavy atom. The molecule has 3 rings (SSSR count). The minimum Gasteiger partial charge on any atom is -0.452 e. The highest BCUT2D eigenvalue weighted by atomic mass is 16.5. The molecule has 30 heavy (non-hydrogen) atoms. The monoisotopic (exact) mass is 408 g/mol. The van der Waals surface area contributed by atoms with Gasteiger partial charge in [0.2, 0.25) is 5.91 Å². The Kier molecular flexibility index (Phi) is 5.82. The van der Waals surface area contributed by atoms with Gasteiger partial charge in [0.15, 0.2) is 6.61 Å². The fraction of sp³-hybridized carbons (Fsp3) is 0.143. The summed E-state index contributed by atoms with van der Waals surface area (Å²) in [5.74, 6) is -2.01. The second-order valence-electron chi connectivity index (χ2n) is 6.50. The molecular weight excluding hydrogens is 388 g/mol. The lowest BCUT2D eigenvalue weighted by Gasteiger charge is -2.07. The van der Waals surface area contributed by atoms with Crippen LogP contribution in [0.4, 0.5) is 5.69 Å². The number of carbonyl (C=O) groups is 3. The number of nitrogens with zero attached hydrogens (tertiary/aromatic N) is 2. The molecule has 3 N–H and O–H groups in total. The van der Waals surface area contributed by atoms with Crippen LogP contribution in [0.1, 0.15) is 26.4 Å². The molecule has 9 heteroatoms. The number of carbonyl (C=O) groups excluding carboxylic acids is 3. The standard InChI is InChI=1S/C21H20N4O5/c1-13-18(20(28)25(24(13)2)16-6-4-3-5-7-16)23-17(26)12-30-21(29)15-10-8-14(9-11-15)19(22)27/h3-11H,12H2,1-2H3,(H2,22,27)(H,23,26). The molecule has 154 valence electrons. The number of anilines is 1. The second kappa shape index (κ2) is 8.48. The first-order valence-corrected chi connectivity index (χ1v) is 9.00. The topological polar surface area (TPSA) is 125 Å². The summed E-state index contributed by atoms with van der Waals surface area (Å²) in [6.07, 6.45) is 0. The highest BCUT2D eigenvalue weighted by molar-refractivity contribution is 5.97. The Balaban J connectivity index is 1.69. The fourth-order valence-electron chi connectivity index (χ4n) is 2.87. The number of rotatable bonds is 6. The van der Waals surface area contributed by atoms with Crippen LogP contribution in [0.15, 0.2) is 59.4 Å². The molecule has 0 bridgehead atoms. The molecule has 0 fully saturated rings. The summed E-state index contributed by atoms with van der Waals surface area (Å²) in [6.45, 7) is 1.12. The molecule has 0 spiro atoms. The average molecular weight is 408 g/mol. The average Bonchev–Trinajstić information content (AvgIpc) is 2.95. The maximum absolute atomic E-state index is 12.8. The fourth-order valence-corrected chi connectivity index (χ4v) is 2.87. The molecule has 1 heterocycles. The zero-order chi connectivity index (χ0) is 21.8. The molecular formula is C21H20N4O5. The van der Waals surface area contributed by atoms with Crippen LogP contribution in [-0.2, 0) is 16.6 Å². The normalized spacial score (nSPS) is 10.5. The van der Waals surface area contributed by atoms with Gasteiger partial charge in [-0.3, -0.25) is 19.1 Å². The molecule has 2 amide bonds. The molecule has 0 aliphatic rings. The first-order chi connectivity index (χ1) is 14.3. The Morgan fingerprint density at radius 1 is 1.00 bits per heavy atom. The lowest BCUT2D eigenvalue weighted by molar-refractivity contribution is -0.119. The van der Waals surface area contributed by atoms with E-state index in [1.807, 2.05) is 6.07 Å². The van der Waals surface area contributed by atoms with Gasteiger partial charge in [0.05, 0.1) is 16.9 Å². The number of benzene rings is 2. The van der Waals surface area contributed by atoms with Crippen LogP contribution in [0, 0.1) is 6.92 Å². The molecule has 0 aliphatic heterocycles. The minimum atomic E-state index is -0.743. The highest BCUT2D eigenvalue weighted by Crippen LogP contribution is 2.14. The Hall–Kier alpha value is -4.14. The minimum absolute atomic E-state index is 0.105. The predicted molar refractivity (Wildman–Crippen MR) is 110 cm³/mol. The SMILES string of the molecule is Cc1c(NC(=O)COC(=O)c2ccc(C(N)=O)cc2)c(=O)n(-c2ccccc2)n1C. The van der Waals surface area contributed by atoms with Gasteiger partial charge >= 0.3 is 5.97 Å². The van der Waals surface area contributed by atoms with Crippen molar-refractivity contribution in [2.45, 2.75) is 6.92 Å². The van der Waals surface area contributed by atoms with Crippen LogP contribution in [0.2, 0.25) is 0 Å². The number of ether oxygens (including phenoxy) is 1. The third-order valence-corrected chi connectivity index (χ3v) is 4.56. The number of aromatic nitrogens is 2. The molecule has 0 saturated carbocycles. The molecule has 0 radical (unpaired) electrons. The van der Waals surface area contributed by atoms with Gasteiger partial charge in [-0.05, 0) is 43.3 Å². The number of nitrogens with two attached hydrogens (primary N) is 1. The first kappa shape index (κ1) is 20.6. The molecule has 1 aromatic heterocycles. The maximum Gasteiger partial charge on any atom is 0.338 e. The highest BCUT2D eigenvalue weighted by Gasteiger charge is 2.19. The maximum atomic E-state index is 12.8. The molecule has 2 aromatic carbocycles. The van der Waals surface area contributed by atoms with Crippen LogP contribution < -0.4 is 16.6 Å². The summed E-state index contributed by atoms with van der Waals surface area (Å²) < 4.78 is 8.03. The quantitative estimate of drug-likeness (QED) is 0.596. The number of esters is 1. The third kappa shape index (κ3) is 4.14. The molecule has 0 atom stereocenters. The van der Waals surface area contributed by atoms with Crippen molar-refractivity contribution in [1.82, 2.24) is 9.36 Å². The number of nitrogens with one attached hydrogen (secondary N) is 1. The van der Waals surface area contributed by atoms with E-state index in [1.165, 1.54) is 28.9 Å². The lowest BCUT2D eigenvalue weighted by atomic mass is 10.1. The van der Waals surface area contributed by atoms with Crippen molar-refractivity contribution in [3.8, 4) is 5.69 Å². The van der Waals surface area contributed by atoms with Crippen LogP contribution in [0.3, 0.4) is 0 Å². The van der Waals surface area contributed by atoms with Gasteiger partial charge in [-0.15, -0.1) is 0 Å². The summed E-state index contributed by atoms with van der Waals surface area (Å²) in [6, 6.07) is 14.5. The number of amides is 2. The molecule has 0 saturated heterocycles. The van der Waals surface area contributed by atoms with Crippen LogP contribution in [-0.4, -0.2) is 33.8 Å². The van der Waals surface area contributed by atoms with Crippen LogP contribution >= 0.6 is 0 Å². The van der Waals surface area contributed by atoms with E-state index in [2.05, 4.69) is 5.32 Å². The van der Waals surface area contributed by atoms with E-state index in [4.69, 9.17) is 10.5 Å². The molecule has 0 unspecified atom stereocenters. The molecule has 0 aliphatic carbocycles. The van der Waals surface area contributed by atoms with Gasteiger partial charge in [-0.1, -0.05) is 18.2 Å². The summed E-state index contributed by atoms with van der Waals surface area (Å²) in [4.78, 5) is 48.2. The third-order valence-electron chi connectivity index (χ3n) is 4.56. The van der Waals surface area contributed by atoms with Crippen LogP contribution in [0.25, 0.3) is 5.69 Å². The zero-order valence-corrected chi connectivity index (χ0v) is 16.4. The van der Waals surface area contributed by atoms with Crippen LogP contribution in [0.5, 0.6) is 0 Å². The van der Waals surface area contributed by atoms with Gasteiger partial charge in [0.1, 0.15) is 5.69 Å². The van der Waals surface area contributed by atoms with E-state index >= 15 is 0 Å². The number of para-hydroxylation sites is 1. The van der Waals surface area contributed by atoms with E-state index in [0.29, 0.717) is 11.4 Å². The Labute approximate surface area is 171 Å². The van der Waals surface area contributed by atoms with Crippen molar-refractivity contribution < 1.29 is 19.1 Å². The predicted octanol–water partition coefficient (Wildman–Crippen LogP) is 1.38. The van der Waals surface area contributed by atoms with Crippen molar-refractivity contribution in [3.05, 3.63) is 81.8 Å². The van der Waals surface area contributed by atoms with Gasteiger partial charge in [0, 0.05) is 12.6 Å². The number of primary amides is 1. The summed E-state index contributed by atoms with van der Waals surface area (Å²) >= 11 is 0. The largest absolute Gasteiger partial charge is 0.452 e. The van der Waals surface area contributed by atoms with E-state index in [-0.39, 0.29) is 16.8 Å². The first-order valence-electron chi connectivity index (χ1n) is 9.00. The van der Waals surface area contributed by atoms with Crippen molar-refractivity contribution in [2.75, 3.05) is 11.9 Å². The van der Waals surface area contributed by atoms with Gasteiger partial charge < -0.3 is 15.8 Å². The summed E-state index contributed by atoms with van der Waals surface area (Å²) in [5.41, 5.74) is 6.46. The molecule has 3 aromatic rings.